The van der Waals surface area contributed by atoms with Crippen LogP contribution in [-0.2, 0) is 6.54 Å². The molecule has 0 bridgehead atoms. The first-order chi connectivity index (χ1) is 9.43. The molecule has 106 valence electrons. The van der Waals surface area contributed by atoms with E-state index >= 15 is 0 Å². The van der Waals surface area contributed by atoms with Crippen molar-refractivity contribution in [2.45, 2.75) is 40.3 Å². The van der Waals surface area contributed by atoms with Gasteiger partial charge in [0.05, 0.1) is 5.69 Å². The Hall–Kier alpha value is -1.19. The van der Waals surface area contributed by atoms with E-state index in [0.717, 1.165) is 12.2 Å². The highest BCUT2D eigenvalue weighted by molar-refractivity contribution is 7.09. The van der Waals surface area contributed by atoms with Crippen molar-refractivity contribution in [2.24, 2.45) is 10.8 Å². The number of thiazole rings is 1. The summed E-state index contributed by atoms with van der Waals surface area (Å²) in [7, 11) is 0. The molecule has 1 aliphatic rings. The van der Waals surface area contributed by atoms with Crippen LogP contribution in [0.1, 0.15) is 32.7 Å². The second kappa shape index (κ2) is 4.68. The molecule has 0 amide bonds. The molecule has 3 rings (SSSR count). The zero-order valence-corrected chi connectivity index (χ0v) is 13.4. The van der Waals surface area contributed by atoms with E-state index in [2.05, 4.69) is 62.7 Å². The lowest BCUT2D eigenvalue weighted by atomic mass is 10.0. The van der Waals surface area contributed by atoms with E-state index in [4.69, 9.17) is 4.98 Å². The van der Waals surface area contributed by atoms with Gasteiger partial charge in [-0.2, -0.15) is 0 Å². The van der Waals surface area contributed by atoms with Gasteiger partial charge >= 0.3 is 0 Å². The van der Waals surface area contributed by atoms with E-state index in [1.807, 2.05) is 6.07 Å². The molecule has 1 saturated carbocycles. The smallest absolute Gasteiger partial charge is 0.107 e. The van der Waals surface area contributed by atoms with Crippen molar-refractivity contribution in [1.82, 2.24) is 10.3 Å². The maximum atomic E-state index is 4.73. The van der Waals surface area contributed by atoms with Crippen LogP contribution >= 0.6 is 11.3 Å². The standard InChI is InChI=1S/C17H22N2S/c1-16(2)15(17(16,3)4)18-10-14-19-13(11-20-14)12-8-6-5-7-9-12/h5-9,11,15,18H,10H2,1-4H3. The molecule has 0 unspecified atom stereocenters. The maximum absolute atomic E-state index is 4.73. The zero-order chi connectivity index (χ0) is 14.4. The van der Waals surface area contributed by atoms with Crippen molar-refractivity contribution in [3.8, 4) is 11.3 Å². The lowest BCUT2D eigenvalue weighted by molar-refractivity contribution is 0.457. The largest absolute Gasteiger partial charge is 0.307 e. The van der Waals surface area contributed by atoms with E-state index < -0.39 is 0 Å². The van der Waals surface area contributed by atoms with Gasteiger partial charge in [-0.1, -0.05) is 58.0 Å². The first kappa shape index (κ1) is 13.8. The monoisotopic (exact) mass is 286 g/mol. The highest BCUT2D eigenvalue weighted by Crippen LogP contribution is 2.62. The third-order valence-electron chi connectivity index (χ3n) is 5.10. The second-order valence-electron chi connectivity index (χ2n) is 6.75. The predicted octanol–water partition coefficient (Wildman–Crippen LogP) is 4.33. The van der Waals surface area contributed by atoms with E-state index in [1.54, 1.807) is 11.3 Å². The minimum absolute atomic E-state index is 0.381. The lowest BCUT2D eigenvalue weighted by Gasteiger charge is -2.03. The highest BCUT2D eigenvalue weighted by Gasteiger charge is 2.64. The number of rotatable bonds is 4. The van der Waals surface area contributed by atoms with Crippen molar-refractivity contribution in [3.05, 3.63) is 40.7 Å². The number of nitrogens with zero attached hydrogens (tertiary/aromatic N) is 1. The molecule has 2 aromatic rings. The third kappa shape index (κ3) is 2.19. The average Bonchev–Trinajstić information content (AvgIpc) is 2.76. The van der Waals surface area contributed by atoms with Crippen LogP contribution in [0.5, 0.6) is 0 Å². The van der Waals surface area contributed by atoms with Crippen molar-refractivity contribution < 1.29 is 0 Å². The van der Waals surface area contributed by atoms with Gasteiger partial charge < -0.3 is 5.32 Å². The normalized spacial score (nSPS) is 20.0. The molecule has 1 fully saturated rings. The Morgan fingerprint density at radius 3 is 2.35 bits per heavy atom. The Kier molecular flexibility index (Phi) is 3.22. The summed E-state index contributed by atoms with van der Waals surface area (Å²) in [6.07, 6.45) is 0. The molecule has 1 aliphatic carbocycles. The SMILES string of the molecule is CC1(C)C(NCc2nc(-c3ccccc3)cs2)C1(C)C. The topological polar surface area (TPSA) is 24.9 Å². The van der Waals surface area contributed by atoms with Crippen LogP contribution < -0.4 is 5.32 Å². The van der Waals surface area contributed by atoms with E-state index in [0.29, 0.717) is 16.9 Å². The quantitative estimate of drug-likeness (QED) is 0.904. The van der Waals surface area contributed by atoms with Crippen LogP contribution in [0.4, 0.5) is 0 Å². The van der Waals surface area contributed by atoms with E-state index in [9.17, 15) is 0 Å². The summed E-state index contributed by atoms with van der Waals surface area (Å²) in [5.74, 6) is 0. The van der Waals surface area contributed by atoms with Crippen LogP contribution in [0.15, 0.2) is 35.7 Å². The minimum Gasteiger partial charge on any atom is -0.307 e. The van der Waals surface area contributed by atoms with Crippen LogP contribution in [0, 0.1) is 10.8 Å². The first-order valence-electron chi connectivity index (χ1n) is 7.16. The fraction of sp³-hybridized carbons (Fsp3) is 0.471. The molecular formula is C17H22N2S. The first-order valence-corrected chi connectivity index (χ1v) is 8.04. The molecule has 1 aromatic carbocycles. The molecule has 0 radical (unpaired) electrons. The number of hydrogen-bond donors (Lipinski definition) is 1. The van der Waals surface area contributed by atoms with Gasteiger partial charge in [-0.05, 0) is 10.8 Å². The Morgan fingerprint density at radius 1 is 1.10 bits per heavy atom. The molecule has 0 aliphatic heterocycles. The van der Waals surface area contributed by atoms with E-state index in [-0.39, 0.29) is 0 Å². The summed E-state index contributed by atoms with van der Waals surface area (Å²) in [5, 5.41) is 6.98. The molecule has 2 nitrogen and oxygen atoms in total. The van der Waals surface area contributed by atoms with Crippen LogP contribution in [-0.4, -0.2) is 11.0 Å². The van der Waals surface area contributed by atoms with Gasteiger partial charge in [0.25, 0.3) is 0 Å². The number of nitrogens with one attached hydrogen (secondary N) is 1. The molecular weight excluding hydrogens is 264 g/mol. The van der Waals surface area contributed by atoms with Crippen molar-refractivity contribution in [3.63, 3.8) is 0 Å². The summed E-state index contributed by atoms with van der Waals surface area (Å²) >= 11 is 1.74. The van der Waals surface area contributed by atoms with Gasteiger partial charge in [-0.3, -0.25) is 0 Å². The minimum atomic E-state index is 0.381. The van der Waals surface area contributed by atoms with Crippen molar-refractivity contribution in [2.75, 3.05) is 0 Å². The fourth-order valence-electron chi connectivity index (χ4n) is 3.03. The number of hydrogen-bond acceptors (Lipinski definition) is 3. The summed E-state index contributed by atoms with van der Waals surface area (Å²) < 4.78 is 0. The molecule has 1 heterocycles. The highest BCUT2D eigenvalue weighted by atomic mass is 32.1. The van der Waals surface area contributed by atoms with Crippen molar-refractivity contribution >= 4 is 11.3 Å². The Balaban J connectivity index is 1.65. The molecule has 1 N–H and O–H groups in total. The van der Waals surface area contributed by atoms with Crippen LogP contribution in [0.3, 0.4) is 0 Å². The Labute approximate surface area is 125 Å². The molecule has 0 spiro atoms. The molecule has 20 heavy (non-hydrogen) atoms. The van der Waals surface area contributed by atoms with Crippen LogP contribution in [0.25, 0.3) is 11.3 Å². The summed E-state index contributed by atoms with van der Waals surface area (Å²) in [6, 6.07) is 11.0. The van der Waals surface area contributed by atoms with Crippen LogP contribution in [0.2, 0.25) is 0 Å². The number of aromatic nitrogens is 1. The van der Waals surface area contributed by atoms with Gasteiger partial charge in [-0.25, -0.2) is 4.98 Å². The van der Waals surface area contributed by atoms with Gasteiger partial charge in [0.15, 0.2) is 0 Å². The summed E-state index contributed by atoms with van der Waals surface area (Å²) in [6.45, 7) is 10.2. The molecule has 0 atom stereocenters. The van der Waals surface area contributed by atoms with E-state index in [1.165, 1.54) is 10.6 Å². The molecule has 0 saturated heterocycles. The Bertz CT molecular complexity index is 584. The zero-order valence-electron chi connectivity index (χ0n) is 12.6. The molecule has 3 heteroatoms. The third-order valence-corrected chi connectivity index (χ3v) is 5.95. The van der Waals surface area contributed by atoms with Crippen molar-refractivity contribution in [1.29, 1.82) is 0 Å². The summed E-state index contributed by atoms with van der Waals surface area (Å²) in [4.78, 5) is 4.73. The van der Waals surface area contributed by atoms with Gasteiger partial charge in [0.1, 0.15) is 5.01 Å². The molecule has 1 aromatic heterocycles. The van der Waals surface area contributed by atoms with Gasteiger partial charge in [0.2, 0.25) is 0 Å². The van der Waals surface area contributed by atoms with Gasteiger partial charge in [0, 0.05) is 23.5 Å². The predicted molar refractivity (Wildman–Crippen MR) is 85.7 cm³/mol. The Morgan fingerprint density at radius 2 is 1.75 bits per heavy atom. The maximum Gasteiger partial charge on any atom is 0.107 e. The lowest BCUT2D eigenvalue weighted by Crippen LogP contribution is -2.21. The van der Waals surface area contributed by atoms with Gasteiger partial charge in [-0.15, -0.1) is 11.3 Å². The summed E-state index contributed by atoms with van der Waals surface area (Å²) in [5.41, 5.74) is 3.04. The number of benzene rings is 1. The fourth-order valence-corrected chi connectivity index (χ4v) is 3.78. The second-order valence-corrected chi connectivity index (χ2v) is 7.69. The average molecular weight is 286 g/mol.